The molecule has 5 radical (unpaired) electrons. The van der Waals surface area contributed by atoms with E-state index in [1.54, 1.807) is 12.1 Å². The zero-order chi connectivity index (χ0) is 80.6. The number of aryl methyl sites for hydroxylation is 8. The van der Waals surface area contributed by atoms with Gasteiger partial charge in [0.25, 0.3) is 0 Å². The van der Waals surface area contributed by atoms with Crippen molar-refractivity contribution in [2.24, 2.45) is 0 Å². The maximum atomic E-state index is 7.96. The van der Waals surface area contributed by atoms with E-state index >= 15 is 0 Å². The number of rotatable bonds is 13. The smallest absolute Gasteiger partial charge is 0.0798 e. The summed E-state index contributed by atoms with van der Waals surface area (Å²) in [6.07, 6.45) is 14.2. The second-order valence-corrected chi connectivity index (χ2v) is 59.0. The van der Waals surface area contributed by atoms with E-state index < -0.39 is 40.4 Å². The van der Waals surface area contributed by atoms with Crippen molar-refractivity contribution >= 4 is 66.3 Å². The van der Waals surface area contributed by atoms with Gasteiger partial charge in [-0.3, -0.25) is 0 Å². The molecule has 6 aromatic carbocycles. The second-order valence-electron chi connectivity index (χ2n) is 33.7. The number of hydrogen-bond donors (Lipinski definition) is 0. The number of nitrogens with zero attached hydrogens (tertiary/aromatic N) is 5. The summed E-state index contributed by atoms with van der Waals surface area (Å²) in [6.45, 7) is 56.5. The maximum absolute atomic E-state index is 7.96. The molecular weight excluding hydrogens is 2290 g/mol. The van der Waals surface area contributed by atoms with Gasteiger partial charge < -0.3 is 24.9 Å². The van der Waals surface area contributed by atoms with Gasteiger partial charge in [0.05, 0.1) is 40.4 Å². The van der Waals surface area contributed by atoms with Gasteiger partial charge in [-0.2, -0.15) is 0 Å². The molecule has 5 heterocycles. The van der Waals surface area contributed by atoms with E-state index in [1.165, 1.54) is 114 Å². The second kappa shape index (κ2) is 43.0. The van der Waals surface area contributed by atoms with E-state index in [2.05, 4.69) is 288 Å². The Labute approximate surface area is 734 Å². The number of aromatic nitrogens is 5. The van der Waals surface area contributed by atoms with E-state index in [-0.39, 0.29) is 137 Å². The van der Waals surface area contributed by atoms with Crippen molar-refractivity contribution in [1.29, 1.82) is 0 Å². The Morgan fingerprint density at radius 3 is 1.26 bits per heavy atom. The Morgan fingerprint density at radius 2 is 0.815 bits per heavy atom. The molecule has 0 N–H and O–H groups in total. The van der Waals surface area contributed by atoms with E-state index in [9.17, 15) is 0 Å². The number of pyridine rings is 5. The van der Waals surface area contributed by atoms with Gasteiger partial charge in [0.15, 0.2) is 0 Å². The van der Waals surface area contributed by atoms with Gasteiger partial charge in [0.1, 0.15) is 0 Å². The summed E-state index contributed by atoms with van der Waals surface area (Å²) in [5.74, 6) is 0.970. The third-order valence-corrected chi connectivity index (χ3v) is 28.9. The molecule has 0 unspecified atom stereocenters. The zero-order valence-electron chi connectivity index (χ0n) is 74.4. The predicted octanol–water partition coefficient (Wildman–Crippen LogP) is 22.8. The van der Waals surface area contributed by atoms with Gasteiger partial charge in [-0.15, -0.1) is 176 Å². The van der Waals surface area contributed by atoms with Gasteiger partial charge in [-0.05, 0) is 107 Å². The molecular formula is C93H116Ir5N5Si5-5. The molecule has 1 fully saturated rings. The summed E-state index contributed by atoms with van der Waals surface area (Å²) in [5.41, 5.74) is 23.7. The van der Waals surface area contributed by atoms with Gasteiger partial charge in [0.2, 0.25) is 0 Å². The van der Waals surface area contributed by atoms with Crippen molar-refractivity contribution < 1.29 is 109 Å². The average Bonchev–Trinajstić information content (AvgIpc) is 0.799. The van der Waals surface area contributed by atoms with Crippen LogP contribution in [0.15, 0.2) is 176 Å². The number of benzene rings is 6. The van der Waals surface area contributed by atoms with E-state index in [1.807, 2.05) is 42.7 Å². The Hall–Kier alpha value is -4.60. The fraction of sp³-hybridized carbons (Fsp3) is 0.344. The molecule has 5 aromatic heterocycles. The third-order valence-electron chi connectivity index (χ3n) is 18.7. The fourth-order valence-electron chi connectivity index (χ4n) is 13.0. The van der Waals surface area contributed by atoms with Crippen LogP contribution in [0.2, 0.25) is 98.2 Å². The summed E-state index contributed by atoms with van der Waals surface area (Å²) in [5, 5.41) is 6.90. The van der Waals surface area contributed by atoms with Crippen molar-refractivity contribution in [3.63, 3.8) is 0 Å². The van der Waals surface area contributed by atoms with Crippen LogP contribution < -0.4 is 25.9 Å². The SMILES string of the molecule is Cc1[c-]c(-c2ccc([Si](C)(C)C)c(C)n2)cc(C)c1.Cc1[c-]c(-c2ncc([Si](C)(C)C)cc2C(C)C)cc(C)c1.Cc1[c-]c(-c2ncc([Si](C)(C)C)cc2C)cc(C)c1.[2H]c1[c-]c(-c2ncc([Si](C)(C)C)cc2-c2ccccc2)cc([2H])c1[2H].[2H]c1[c-]c(-c2ncc([Si](C)(C)C)cc2C2CCCCC2)cc([2H])c1[2H].[Ir].[Ir].[Ir].[Ir].[Ir]. The Balaban J connectivity index is 0.000000367. The molecule has 108 heavy (non-hydrogen) atoms. The molecule has 12 rings (SSSR count). The monoisotopic (exact) mass is 2410 g/mol. The van der Waals surface area contributed by atoms with Crippen molar-refractivity contribution in [2.45, 2.75) is 211 Å². The van der Waals surface area contributed by atoms with E-state index in [0.29, 0.717) is 28.7 Å². The van der Waals surface area contributed by atoms with Crippen LogP contribution in [0.5, 0.6) is 0 Å². The average molecular weight is 2410 g/mol. The summed E-state index contributed by atoms with van der Waals surface area (Å²) in [7, 11) is -6.90. The van der Waals surface area contributed by atoms with Crippen LogP contribution in [0.25, 0.3) is 67.4 Å². The van der Waals surface area contributed by atoms with Gasteiger partial charge in [-0.1, -0.05) is 256 Å². The first kappa shape index (κ1) is 87.4. The molecule has 15 heteroatoms. The molecule has 1 aliphatic rings. The van der Waals surface area contributed by atoms with Crippen LogP contribution in [0, 0.1) is 85.7 Å². The van der Waals surface area contributed by atoms with E-state index in [0.717, 1.165) is 50.6 Å². The van der Waals surface area contributed by atoms with Crippen LogP contribution in [0.3, 0.4) is 0 Å². The quantitative estimate of drug-likeness (QED) is 0.0850. The largest absolute Gasteiger partial charge is 0.305 e. The van der Waals surface area contributed by atoms with Crippen LogP contribution >= 0.6 is 0 Å². The third kappa shape index (κ3) is 28.2. The predicted molar refractivity (Wildman–Crippen MR) is 461 cm³/mol. The fourth-order valence-corrected chi connectivity index (χ4v) is 18.9. The van der Waals surface area contributed by atoms with Gasteiger partial charge >= 0.3 is 0 Å². The van der Waals surface area contributed by atoms with Crippen LogP contribution in [0.1, 0.15) is 122 Å². The summed E-state index contributed by atoms with van der Waals surface area (Å²) < 4.78 is 47.1. The molecule has 0 aliphatic heterocycles. The maximum Gasteiger partial charge on any atom is 0.0798 e. The van der Waals surface area contributed by atoms with Crippen molar-refractivity contribution in [2.75, 3.05) is 0 Å². The molecule has 0 atom stereocenters. The Kier molecular flexibility index (Phi) is 34.8. The molecule has 1 aliphatic carbocycles. The standard InChI is InChI=1S/C20H26NSi.C20H20NSi.C19H26NSi.2C17H22NSi.5Ir/c2*1-22(2,3)18-14-19(16-10-6-4-7-11-16)20(21-15-18)17-12-8-5-9-13-17;1-13(2)18-11-17(21(5,6)7)12-20-19(18)16-9-14(3)8-15(4)10-16;1-12-7-13(2)9-15(8-12)17-14(3)10-16(11-18-17)19(4,5)6;1-12-9-13(2)11-15(10-12)16-7-8-17(14(3)18-16)19(4,5)6;;;;;/h5,8-9,12,14-16H,4,6-7,10-11H2,1-3H3;4-12,14-15H,1-3H3;8-9,11-13H,1-7H3;7-8,10-11H,1-6H3;7-10H,1-6H3;;;;;/q5*-1;;;;;/i2*5D,8D,9D;;;;;;;;. The first-order valence-corrected chi connectivity index (χ1v) is 54.3. The molecule has 5 nitrogen and oxygen atoms in total. The normalized spacial score (nSPS) is 12.9. The van der Waals surface area contributed by atoms with Crippen LogP contribution in [-0.4, -0.2) is 65.3 Å². The number of hydrogen-bond acceptors (Lipinski definition) is 5. The van der Waals surface area contributed by atoms with Crippen molar-refractivity contribution in [1.82, 2.24) is 24.9 Å². The van der Waals surface area contributed by atoms with E-state index in [4.69, 9.17) is 28.2 Å². The topological polar surface area (TPSA) is 64.5 Å². The van der Waals surface area contributed by atoms with Gasteiger partial charge in [0, 0.05) is 136 Å². The zero-order valence-corrected chi connectivity index (χ0v) is 85.3. The summed E-state index contributed by atoms with van der Waals surface area (Å²) in [4.78, 5) is 23.8. The van der Waals surface area contributed by atoms with Crippen LogP contribution in [-0.2, 0) is 101 Å². The first-order chi connectivity index (χ1) is 50.8. The molecule has 11 aromatic rings. The van der Waals surface area contributed by atoms with Crippen molar-refractivity contribution in [3.8, 4) is 67.4 Å². The summed E-state index contributed by atoms with van der Waals surface area (Å²) in [6, 6.07) is 55.8. The Morgan fingerprint density at radius 1 is 0.398 bits per heavy atom. The molecule has 1 saturated carbocycles. The minimum absolute atomic E-state index is 0. The molecule has 0 saturated heterocycles. The molecule has 0 bridgehead atoms. The first-order valence-electron chi connectivity index (χ1n) is 39.8. The molecule has 0 spiro atoms. The van der Waals surface area contributed by atoms with Crippen LogP contribution in [0.4, 0.5) is 0 Å². The summed E-state index contributed by atoms with van der Waals surface area (Å²) >= 11 is 0. The minimum Gasteiger partial charge on any atom is -0.305 e. The minimum atomic E-state index is -1.53. The molecule has 0 amide bonds. The molecule has 583 valence electrons. The van der Waals surface area contributed by atoms with Crippen molar-refractivity contribution in [3.05, 3.63) is 262 Å². The Bertz CT molecular complexity index is 4940. The van der Waals surface area contributed by atoms with Gasteiger partial charge in [-0.25, -0.2) is 0 Å².